The maximum Gasteiger partial charge on any atom is 0.308 e. The van der Waals surface area contributed by atoms with E-state index in [-0.39, 0.29) is 11.9 Å². The van der Waals surface area contributed by atoms with Gasteiger partial charge >= 0.3 is 5.97 Å². The molecule has 0 aromatic heterocycles. The number of nitrogens with one attached hydrogen (secondary N) is 1. The van der Waals surface area contributed by atoms with Gasteiger partial charge in [0, 0.05) is 6.04 Å². The first-order chi connectivity index (χ1) is 10.1. The van der Waals surface area contributed by atoms with Crippen molar-refractivity contribution in [3.05, 3.63) is 35.4 Å². The summed E-state index contributed by atoms with van der Waals surface area (Å²) in [5, 5.41) is 12.2. The molecule has 1 amide bonds. The van der Waals surface area contributed by atoms with Crippen LogP contribution in [0.1, 0.15) is 43.2 Å². The molecule has 21 heavy (non-hydrogen) atoms. The number of carbonyl (C=O) groups is 2. The summed E-state index contributed by atoms with van der Waals surface area (Å²) in [5.74, 6) is -1.33. The van der Waals surface area contributed by atoms with Gasteiger partial charge in [-0.15, -0.1) is 0 Å². The summed E-state index contributed by atoms with van der Waals surface area (Å²) >= 11 is 0. The molecule has 0 aliphatic heterocycles. The highest BCUT2D eigenvalue weighted by Crippen LogP contribution is 2.24. The minimum atomic E-state index is -0.794. The van der Waals surface area contributed by atoms with Crippen LogP contribution in [0.3, 0.4) is 0 Å². The summed E-state index contributed by atoms with van der Waals surface area (Å²) < 4.78 is 0. The Balaban J connectivity index is 1.96. The largest absolute Gasteiger partial charge is 0.481 e. The average Bonchev–Trinajstić information content (AvgIpc) is 2.67. The van der Waals surface area contributed by atoms with Gasteiger partial charge in [-0.3, -0.25) is 9.59 Å². The van der Waals surface area contributed by atoms with Crippen molar-refractivity contribution in [1.29, 1.82) is 0 Å². The molecule has 2 N–H and O–H groups in total. The standard InChI is InChI=1S/C17H23NO3/c1-12-7-9-13(10-8-12)11-16(19)18-15-6-4-2-3-5-14(15)17(20)21/h7-10,14-15H,2-6,11H2,1H3,(H,18,19)(H,20,21). The van der Waals surface area contributed by atoms with Gasteiger partial charge in [0.25, 0.3) is 0 Å². The first-order valence-corrected chi connectivity index (χ1v) is 7.64. The van der Waals surface area contributed by atoms with E-state index < -0.39 is 11.9 Å². The van der Waals surface area contributed by atoms with Crippen LogP contribution in [0.25, 0.3) is 0 Å². The van der Waals surface area contributed by atoms with Crippen LogP contribution in [0, 0.1) is 12.8 Å². The number of hydrogen-bond acceptors (Lipinski definition) is 2. The maximum absolute atomic E-state index is 12.1. The molecule has 2 unspecified atom stereocenters. The van der Waals surface area contributed by atoms with Gasteiger partial charge < -0.3 is 10.4 Å². The maximum atomic E-state index is 12.1. The zero-order valence-corrected chi connectivity index (χ0v) is 12.5. The van der Waals surface area contributed by atoms with Crippen LogP contribution in [-0.4, -0.2) is 23.0 Å². The van der Waals surface area contributed by atoms with Crippen molar-refractivity contribution in [3.8, 4) is 0 Å². The molecule has 1 aliphatic carbocycles. The number of amides is 1. The Morgan fingerprint density at radius 3 is 2.48 bits per heavy atom. The summed E-state index contributed by atoms with van der Waals surface area (Å²) in [4.78, 5) is 23.5. The van der Waals surface area contributed by atoms with Crippen molar-refractivity contribution in [2.75, 3.05) is 0 Å². The van der Waals surface area contributed by atoms with Gasteiger partial charge in [-0.2, -0.15) is 0 Å². The van der Waals surface area contributed by atoms with Gasteiger partial charge in [0.05, 0.1) is 12.3 Å². The van der Waals surface area contributed by atoms with E-state index in [2.05, 4.69) is 5.32 Å². The highest BCUT2D eigenvalue weighted by Gasteiger charge is 2.30. The van der Waals surface area contributed by atoms with E-state index in [9.17, 15) is 14.7 Å². The van der Waals surface area contributed by atoms with Crippen molar-refractivity contribution in [3.63, 3.8) is 0 Å². The number of carboxylic acids is 1. The number of aryl methyl sites for hydroxylation is 1. The lowest BCUT2D eigenvalue weighted by atomic mass is 9.94. The third-order valence-electron chi connectivity index (χ3n) is 4.16. The molecule has 0 radical (unpaired) electrons. The molecule has 114 valence electrons. The summed E-state index contributed by atoms with van der Waals surface area (Å²) in [7, 11) is 0. The molecule has 1 saturated carbocycles. The fraction of sp³-hybridized carbons (Fsp3) is 0.529. The molecule has 0 spiro atoms. The van der Waals surface area contributed by atoms with Crippen molar-refractivity contribution in [2.24, 2.45) is 5.92 Å². The molecular weight excluding hydrogens is 266 g/mol. The first kappa shape index (κ1) is 15.5. The number of rotatable bonds is 4. The van der Waals surface area contributed by atoms with Gasteiger partial charge in [0.2, 0.25) is 5.91 Å². The molecule has 2 atom stereocenters. The summed E-state index contributed by atoms with van der Waals surface area (Å²) in [6.07, 6.45) is 4.69. The number of hydrogen-bond donors (Lipinski definition) is 2. The van der Waals surface area contributed by atoms with E-state index in [4.69, 9.17) is 0 Å². The molecule has 4 nitrogen and oxygen atoms in total. The van der Waals surface area contributed by atoms with Crippen LogP contribution in [0.2, 0.25) is 0 Å². The second-order valence-corrected chi connectivity index (χ2v) is 5.92. The van der Waals surface area contributed by atoms with Crippen molar-refractivity contribution >= 4 is 11.9 Å². The van der Waals surface area contributed by atoms with E-state index in [1.54, 1.807) is 0 Å². The van der Waals surface area contributed by atoms with Crippen LogP contribution in [0.15, 0.2) is 24.3 Å². The molecule has 1 aliphatic rings. The zero-order valence-electron chi connectivity index (χ0n) is 12.5. The molecule has 4 heteroatoms. The number of carbonyl (C=O) groups excluding carboxylic acids is 1. The lowest BCUT2D eigenvalue weighted by Crippen LogP contribution is -2.43. The molecule has 1 aromatic carbocycles. The Morgan fingerprint density at radius 1 is 1.14 bits per heavy atom. The predicted octanol–water partition coefficient (Wildman–Crippen LogP) is 2.69. The smallest absolute Gasteiger partial charge is 0.308 e. The Kier molecular flexibility index (Phi) is 5.37. The Bertz CT molecular complexity index is 495. The Morgan fingerprint density at radius 2 is 1.81 bits per heavy atom. The first-order valence-electron chi connectivity index (χ1n) is 7.64. The topological polar surface area (TPSA) is 66.4 Å². The van der Waals surface area contributed by atoms with Crippen molar-refractivity contribution in [2.45, 2.75) is 51.5 Å². The molecule has 1 fully saturated rings. The van der Waals surface area contributed by atoms with Gasteiger partial charge in [-0.05, 0) is 25.3 Å². The summed E-state index contributed by atoms with van der Waals surface area (Å²) in [5.41, 5.74) is 2.12. The minimum Gasteiger partial charge on any atom is -0.481 e. The summed E-state index contributed by atoms with van der Waals surface area (Å²) in [6, 6.07) is 7.61. The van der Waals surface area contributed by atoms with Gasteiger partial charge in [-0.25, -0.2) is 0 Å². The van der Waals surface area contributed by atoms with E-state index in [0.29, 0.717) is 12.8 Å². The Hall–Kier alpha value is -1.84. The Labute approximate surface area is 125 Å². The molecule has 0 saturated heterocycles. The lowest BCUT2D eigenvalue weighted by molar-refractivity contribution is -0.143. The normalized spacial score (nSPS) is 22.3. The van der Waals surface area contributed by atoms with Crippen LogP contribution in [0.5, 0.6) is 0 Å². The number of carboxylic acid groups (broad SMARTS) is 1. The molecule has 0 heterocycles. The van der Waals surface area contributed by atoms with Crippen LogP contribution < -0.4 is 5.32 Å². The number of benzene rings is 1. The van der Waals surface area contributed by atoms with Crippen LogP contribution in [0.4, 0.5) is 0 Å². The third kappa shape index (κ3) is 4.59. The molecule has 0 bridgehead atoms. The highest BCUT2D eigenvalue weighted by molar-refractivity contribution is 5.80. The molecule has 2 rings (SSSR count). The zero-order chi connectivity index (χ0) is 15.2. The second kappa shape index (κ2) is 7.25. The SMILES string of the molecule is Cc1ccc(CC(=O)NC2CCCCCC2C(=O)O)cc1. The van der Waals surface area contributed by atoms with E-state index in [1.165, 1.54) is 0 Å². The van der Waals surface area contributed by atoms with E-state index in [0.717, 1.165) is 36.8 Å². The molecule has 1 aromatic rings. The van der Waals surface area contributed by atoms with Crippen LogP contribution >= 0.6 is 0 Å². The van der Waals surface area contributed by atoms with Crippen molar-refractivity contribution in [1.82, 2.24) is 5.32 Å². The number of aliphatic carboxylic acids is 1. The van der Waals surface area contributed by atoms with Gasteiger partial charge in [0.15, 0.2) is 0 Å². The fourth-order valence-corrected chi connectivity index (χ4v) is 2.93. The summed E-state index contributed by atoms with van der Waals surface area (Å²) in [6.45, 7) is 2.01. The fourth-order valence-electron chi connectivity index (χ4n) is 2.93. The predicted molar refractivity (Wildman–Crippen MR) is 81.0 cm³/mol. The van der Waals surface area contributed by atoms with Crippen molar-refractivity contribution < 1.29 is 14.7 Å². The molecular formula is C17H23NO3. The average molecular weight is 289 g/mol. The van der Waals surface area contributed by atoms with Gasteiger partial charge in [0.1, 0.15) is 0 Å². The van der Waals surface area contributed by atoms with E-state index in [1.807, 2.05) is 31.2 Å². The minimum absolute atomic E-state index is 0.0861. The lowest BCUT2D eigenvalue weighted by Gasteiger charge is -2.22. The van der Waals surface area contributed by atoms with Gasteiger partial charge in [-0.1, -0.05) is 49.1 Å². The third-order valence-corrected chi connectivity index (χ3v) is 4.16. The second-order valence-electron chi connectivity index (χ2n) is 5.92. The quantitative estimate of drug-likeness (QED) is 0.837. The van der Waals surface area contributed by atoms with Crippen LogP contribution in [-0.2, 0) is 16.0 Å². The monoisotopic (exact) mass is 289 g/mol. The highest BCUT2D eigenvalue weighted by atomic mass is 16.4. The van der Waals surface area contributed by atoms with E-state index >= 15 is 0 Å².